The van der Waals surface area contributed by atoms with Crippen molar-refractivity contribution in [3.8, 4) is 0 Å². The second kappa shape index (κ2) is 3.90. The summed E-state index contributed by atoms with van der Waals surface area (Å²) in [5.74, 6) is 0.929. The molecule has 3 nitrogen and oxygen atoms in total. The quantitative estimate of drug-likeness (QED) is 0.362. The highest BCUT2D eigenvalue weighted by atomic mass is 15.2. The fourth-order valence-electron chi connectivity index (χ4n) is 1.70. The molecule has 2 N–H and O–H groups in total. The van der Waals surface area contributed by atoms with Gasteiger partial charge in [0.15, 0.2) is 0 Å². The highest BCUT2D eigenvalue weighted by Gasteiger charge is 2.25. The molecule has 0 aromatic rings. The molecule has 0 radical (unpaired) electrons. The molecule has 0 aromatic heterocycles. The van der Waals surface area contributed by atoms with Crippen LogP contribution in [0.3, 0.4) is 0 Å². The number of nitrogens with two attached hydrogens (primary N) is 1. The molecule has 0 aromatic carbocycles. The fraction of sp³-hybridized carbons (Fsp3) is 0.889. The van der Waals surface area contributed by atoms with Crippen molar-refractivity contribution in [3.05, 3.63) is 0 Å². The maximum atomic E-state index is 5.73. The summed E-state index contributed by atoms with van der Waals surface area (Å²) in [7, 11) is 2.08. The normalized spacial score (nSPS) is 27.4. The van der Waals surface area contributed by atoms with Crippen LogP contribution in [0, 0.1) is 0 Å². The van der Waals surface area contributed by atoms with Crippen LogP contribution in [0.25, 0.3) is 0 Å². The van der Waals surface area contributed by atoms with Gasteiger partial charge in [0, 0.05) is 26.4 Å². The molecule has 1 fully saturated rings. The molecule has 1 aliphatic heterocycles. The van der Waals surface area contributed by atoms with Gasteiger partial charge >= 0.3 is 0 Å². The Balaban J connectivity index is 2.52. The van der Waals surface area contributed by atoms with Gasteiger partial charge in [-0.1, -0.05) is 6.92 Å². The molecule has 1 atom stereocenters. The molecule has 3 heteroatoms. The Hall–Kier alpha value is -0.570. The minimum atomic E-state index is 0.634. The van der Waals surface area contributed by atoms with E-state index in [4.69, 9.17) is 5.73 Å². The molecule has 70 valence electrons. The zero-order valence-corrected chi connectivity index (χ0v) is 8.38. The lowest BCUT2D eigenvalue weighted by Gasteiger charge is -2.13. The van der Waals surface area contributed by atoms with E-state index in [0.717, 1.165) is 12.4 Å². The summed E-state index contributed by atoms with van der Waals surface area (Å²) in [6.45, 7) is 7.73. The van der Waals surface area contributed by atoms with Crippen LogP contribution in [-0.4, -0.2) is 48.0 Å². The molecule has 0 amide bonds. The first kappa shape index (κ1) is 9.52. The fourth-order valence-corrected chi connectivity index (χ4v) is 1.70. The summed E-state index contributed by atoms with van der Waals surface area (Å²) in [5.41, 5.74) is 5.73. The van der Waals surface area contributed by atoms with Crippen LogP contribution in [-0.2, 0) is 0 Å². The lowest BCUT2D eigenvalue weighted by Crippen LogP contribution is -2.34. The summed E-state index contributed by atoms with van der Waals surface area (Å²) in [6, 6.07) is 0.634. The first-order valence-electron chi connectivity index (χ1n) is 4.69. The topological polar surface area (TPSA) is 32.3 Å². The number of nitrogens with zero attached hydrogens (tertiary/aromatic N) is 2. The zero-order chi connectivity index (χ0) is 9.14. The summed E-state index contributed by atoms with van der Waals surface area (Å²) < 4.78 is 2.19. The number of amidine groups is 1. The van der Waals surface area contributed by atoms with Gasteiger partial charge in [-0.15, -0.1) is 0 Å². The van der Waals surface area contributed by atoms with Crippen molar-refractivity contribution in [1.82, 2.24) is 4.90 Å². The average Bonchev–Trinajstić information content (AvgIpc) is 2.50. The number of hydrogen-bond donors (Lipinski definition) is 1. The monoisotopic (exact) mass is 170 g/mol. The van der Waals surface area contributed by atoms with Gasteiger partial charge in [-0.05, 0) is 6.54 Å². The van der Waals surface area contributed by atoms with Gasteiger partial charge in [0.1, 0.15) is 6.04 Å². The third-order valence-corrected chi connectivity index (χ3v) is 2.80. The first-order chi connectivity index (χ1) is 5.65. The van der Waals surface area contributed by atoms with Crippen LogP contribution < -0.4 is 5.73 Å². The Kier molecular flexibility index (Phi) is 3.09. The molecule has 0 aliphatic carbocycles. The van der Waals surface area contributed by atoms with E-state index >= 15 is 0 Å². The highest BCUT2D eigenvalue weighted by Crippen LogP contribution is 2.10. The van der Waals surface area contributed by atoms with Crippen molar-refractivity contribution in [2.75, 3.05) is 26.7 Å². The third-order valence-electron chi connectivity index (χ3n) is 2.80. The molecule has 0 saturated carbocycles. The average molecular weight is 170 g/mol. The predicted molar refractivity (Wildman–Crippen MR) is 51.6 cm³/mol. The van der Waals surface area contributed by atoms with Crippen molar-refractivity contribution in [3.63, 3.8) is 0 Å². The second-order valence-electron chi connectivity index (χ2n) is 3.59. The van der Waals surface area contributed by atoms with Crippen LogP contribution in [0.2, 0.25) is 0 Å². The molecule has 1 saturated heterocycles. The van der Waals surface area contributed by atoms with Gasteiger partial charge in [0.25, 0.3) is 0 Å². The lowest BCUT2D eigenvalue weighted by molar-refractivity contribution is -0.535. The van der Waals surface area contributed by atoms with E-state index in [9.17, 15) is 0 Å². The molecular formula is C9H20N3+. The standard InChI is InChI=1S/C9H19N3/c1-4-12-6-5-9(7-12)11(3)8(2)10/h9-10H,4-7H2,1-3H3/p+1. The van der Waals surface area contributed by atoms with Crippen LogP contribution in [0.1, 0.15) is 20.3 Å². The second-order valence-corrected chi connectivity index (χ2v) is 3.59. The van der Waals surface area contributed by atoms with Gasteiger partial charge in [-0.2, -0.15) is 0 Å². The van der Waals surface area contributed by atoms with Gasteiger partial charge in [-0.25, -0.2) is 0 Å². The molecule has 0 spiro atoms. The number of likely N-dealkylation sites (tertiary alicyclic amines) is 1. The Morgan fingerprint density at radius 2 is 2.33 bits per heavy atom. The number of hydrogen-bond acceptors (Lipinski definition) is 1. The molecule has 0 bridgehead atoms. The molecule has 12 heavy (non-hydrogen) atoms. The van der Waals surface area contributed by atoms with Crippen molar-refractivity contribution < 1.29 is 4.58 Å². The maximum absolute atomic E-state index is 5.73. The summed E-state index contributed by atoms with van der Waals surface area (Å²) >= 11 is 0. The van der Waals surface area contributed by atoms with E-state index < -0.39 is 0 Å². The van der Waals surface area contributed by atoms with E-state index in [1.165, 1.54) is 19.5 Å². The Morgan fingerprint density at radius 1 is 1.67 bits per heavy atom. The third kappa shape index (κ3) is 1.97. The number of likely N-dealkylation sites (N-methyl/N-ethyl adjacent to an activating group) is 2. The van der Waals surface area contributed by atoms with Gasteiger partial charge < -0.3 is 0 Å². The van der Waals surface area contributed by atoms with E-state index in [2.05, 4.69) is 23.4 Å². The van der Waals surface area contributed by atoms with Crippen molar-refractivity contribution in [1.29, 1.82) is 0 Å². The maximum Gasteiger partial charge on any atom is 0.239 e. The first-order valence-corrected chi connectivity index (χ1v) is 4.69. The highest BCUT2D eigenvalue weighted by molar-refractivity contribution is 5.72. The minimum absolute atomic E-state index is 0.634. The molecule has 1 rings (SSSR count). The van der Waals surface area contributed by atoms with E-state index in [1.54, 1.807) is 0 Å². The van der Waals surface area contributed by atoms with E-state index in [-0.39, 0.29) is 0 Å². The predicted octanol–water partition coefficient (Wildman–Crippen LogP) is 0.100. The van der Waals surface area contributed by atoms with E-state index in [1.807, 2.05) is 6.92 Å². The molecule has 1 heterocycles. The largest absolute Gasteiger partial charge is 0.299 e. The van der Waals surface area contributed by atoms with Gasteiger partial charge in [0.05, 0.1) is 7.05 Å². The zero-order valence-electron chi connectivity index (χ0n) is 8.38. The van der Waals surface area contributed by atoms with Gasteiger partial charge in [-0.3, -0.25) is 15.2 Å². The van der Waals surface area contributed by atoms with Crippen LogP contribution >= 0.6 is 0 Å². The van der Waals surface area contributed by atoms with Crippen molar-refractivity contribution in [2.24, 2.45) is 5.73 Å². The smallest absolute Gasteiger partial charge is 0.239 e. The van der Waals surface area contributed by atoms with E-state index in [0.29, 0.717) is 6.04 Å². The van der Waals surface area contributed by atoms with Crippen LogP contribution in [0.15, 0.2) is 0 Å². The Labute approximate surface area is 74.9 Å². The molecule has 1 unspecified atom stereocenters. The van der Waals surface area contributed by atoms with Crippen LogP contribution in [0.4, 0.5) is 0 Å². The Bertz CT molecular complexity index is 182. The minimum Gasteiger partial charge on any atom is -0.299 e. The summed E-state index contributed by atoms with van der Waals surface area (Å²) in [4.78, 5) is 2.46. The number of rotatable bonds is 2. The Morgan fingerprint density at radius 3 is 2.75 bits per heavy atom. The molecular weight excluding hydrogens is 150 g/mol. The lowest BCUT2D eigenvalue weighted by atomic mass is 10.2. The summed E-state index contributed by atoms with van der Waals surface area (Å²) in [6.07, 6.45) is 1.25. The van der Waals surface area contributed by atoms with Gasteiger partial charge in [0.2, 0.25) is 5.84 Å². The summed E-state index contributed by atoms with van der Waals surface area (Å²) in [5, 5.41) is 0. The molecule has 1 aliphatic rings. The van der Waals surface area contributed by atoms with Crippen molar-refractivity contribution in [2.45, 2.75) is 26.3 Å². The van der Waals surface area contributed by atoms with Crippen LogP contribution in [0.5, 0.6) is 0 Å². The van der Waals surface area contributed by atoms with Crippen molar-refractivity contribution >= 4 is 5.84 Å². The SMILES string of the molecule is CCN1CCC([N+](C)=C(C)N)C1.